The van der Waals surface area contributed by atoms with E-state index in [0.717, 1.165) is 31.6 Å². The van der Waals surface area contributed by atoms with Crippen LogP contribution in [-0.2, 0) is 6.54 Å². The molecule has 5 nitrogen and oxygen atoms in total. The average Bonchev–Trinajstić information content (AvgIpc) is 2.83. The summed E-state index contributed by atoms with van der Waals surface area (Å²) in [5.41, 5.74) is 0.888. The van der Waals surface area contributed by atoms with Crippen molar-refractivity contribution in [1.82, 2.24) is 15.1 Å². The second kappa shape index (κ2) is 6.72. The summed E-state index contributed by atoms with van der Waals surface area (Å²) in [5, 5.41) is 7.55. The van der Waals surface area contributed by atoms with E-state index in [1.807, 2.05) is 13.2 Å². The van der Waals surface area contributed by atoms with Crippen LogP contribution in [0.5, 0.6) is 0 Å². The Kier molecular flexibility index (Phi) is 5.21. The number of likely N-dealkylation sites (N-methyl/N-ethyl adjacent to an activating group) is 1. The highest BCUT2D eigenvalue weighted by atomic mass is 79.9. The van der Waals surface area contributed by atoms with Gasteiger partial charge in [-0.15, -0.1) is 0 Å². The Hall–Kier alpha value is -0.880. The van der Waals surface area contributed by atoms with Crippen LogP contribution in [-0.4, -0.2) is 36.0 Å². The Morgan fingerprint density at radius 3 is 2.95 bits per heavy atom. The lowest BCUT2D eigenvalue weighted by atomic mass is 10.2. The van der Waals surface area contributed by atoms with Gasteiger partial charge in [0.25, 0.3) is 5.56 Å². The predicted octanol–water partition coefficient (Wildman–Crippen LogP) is 1.85. The molecule has 1 fully saturated rings. The minimum absolute atomic E-state index is 0.0358. The van der Waals surface area contributed by atoms with E-state index in [1.165, 1.54) is 0 Å². The van der Waals surface area contributed by atoms with Crippen LogP contribution in [0.15, 0.2) is 15.5 Å². The number of nitrogens with zero attached hydrogens (tertiary/aromatic N) is 3. The van der Waals surface area contributed by atoms with Gasteiger partial charge in [0, 0.05) is 25.7 Å². The Morgan fingerprint density at radius 1 is 1.55 bits per heavy atom. The molecule has 1 saturated heterocycles. The molecule has 0 radical (unpaired) electrons. The van der Waals surface area contributed by atoms with Gasteiger partial charge in [-0.25, -0.2) is 4.68 Å². The quantitative estimate of drug-likeness (QED) is 0.887. The van der Waals surface area contributed by atoms with E-state index in [1.54, 1.807) is 4.68 Å². The maximum atomic E-state index is 12.4. The first kappa shape index (κ1) is 15.5. The highest BCUT2D eigenvalue weighted by molar-refractivity contribution is 9.10. The van der Waals surface area contributed by atoms with Crippen molar-refractivity contribution in [3.8, 4) is 0 Å². The van der Waals surface area contributed by atoms with Crippen LogP contribution in [0.1, 0.15) is 26.7 Å². The molecule has 2 rings (SSSR count). The molecule has 0 spiro atoms. The fourth-order valence-corrected chi connectivity index (χ4v) is 3.27. The minimum atomic E-state index is -0.0358. The van der Waals surface area contributed by atoms with Gasteiger partial charge in [0.05, 0.1) is 11.9 Å². The smallest absolute Gasteiger partial charge is 0.283 e. The summed E-state index contributed by atoms with van der Waals surface area (Å²) in [7, 11) is 1.96. The standard InChI is InChI=1S/C14H23BrN4O/c1-10(2)9-19-14(20)13(15)12(8-17-19)18-6-4-5-11(18)7-16-3/h8,10-11,16H,4-7,9H2,1-3H3. The Bertz CT molecular complexity index is 514. The van der Waals surface area contributed by atoms with Gasteiger partial charge in [0.2, 0.25) is 0 Å². The first-order valence-electron chi connectivity index (χ1n) is 7.21. The molecular formula is C14H23BrN4O. The van der Waals surface area contributed by atoms with Gasteiger partial charge < -0.3 is 10.2 Å². The highest BCUT2D eigenvalue weighted by Gasteiger charge is 2.27. The molecule has 112 valence electrons. The summed E-state index contributed by atoms with van der Waals surface area (Å²) in [4.78, 5) is 14.6. The Balaban J connectivity index is 2.29. The van der Waals surface area contributed by atoms with Crippen molar-refractivity contribution in [2.45, 2.75) is 39.3 Å². The Labute approximate surface area is 128 Å². The van der Waals surface area contributed by atoms with Crippen LogP contribution in [0, 0.1) is 5.92 Å². The van der Waals surface area contributed by atoms with Gasteiger partial charge in [0.15, 0.2) is 0 Å². The van der Waals surface area contributed by atoms with Gasteiger partial charge in [-0.1, -0.05) is 13.8 Å². The fourth-order valence-electron chi connectivity index (χ4n) is 2.73. The summed E-state index contributed by atoms with van der Waals surface area (Å²) in [6.45, 7) is 6.73. The molecule has 0 aromatic carbocycles. The van der Waals surface area contributed by atoms with E-state index in [-0.39, 0.29) is 5.56 Å². The summed E-state index contributed by atoms with van der Waals surface area (Å²) in [6, 6.07) is 0.443. The monoisotopic (exact) mass is 342 g/mol. The molecule has 0 amide bonds. The Morgan fingerprint density at radius 2 is 2.30 bits per heavy atom. The molecule has 20 heavy (non-hydrogen) atoms. The van der Waals surface area contributed by atoms with Gasteiger partial charge in [0.1, 0.15) is 4.47 Å². The zero-order valence-electron chi connectivity index (χ0n) is 12.4. The van der Waals surface area contributed by atoms with Gasteiger partial charge in [-0.2, -0.15) is 5.10 Å². The van der Waals surface area contributed by atoms with E-state index in [4.69, 9.17) is 0 Å². The second-order valence-electron chi connectivity index (χ2n) is 5.77. The molecule has 0 saturated carbocycles. The maximum Gasteiger partial charge on any atom is 0.283 e. The number of rotatable bonds is 5. The number of anilines is 1. The van der Waals surface area contributed by atoms with E-state index < -0.39 is 0 Å². The summed E-state index contributed by atoms with van der Waals surface area (Å²) in [6.07, 6.45) is 4.14. The number of hydrogen-bond acceptors (Lipinski definition) is 4. The predicted molar refractivity (Wildman–Crippen MR) is 85.3 cm³/mol. The molecule has 1 N–H and O–H groups in total. The SMILES string of the molecule is CNCC1CCCN1c1cnn(CC(C)C)c(=O)c1Br. The van der Waals surface area contributed by atoms with Crippen LogP contribution in [0.2, 0.25) is 0 Å². The summed E-state index contributed by atoms with van der Waals surface area (Å²) in [5.74, 6) is 0.404. The van der Waals surface area contributed by atoms with Gasteiger partial charge in [-0.05, 0) is 41.7 Å². The van der Waals surface area contributed by atoms with Crippen LogP contribution in [0.3, 0.4) is 0 Å². The van der Waals surface area contributed by atoms with Crippen molar-refractivity contribution in [2.24, 2.45) is 5.92 Å². The first-order valence-corrected chi connectivity index (χ1v) is 8.00. The molecule has 1 aromatic rings. The van der Waals surface area contributed by atoms with Crippen molar-refractivity contribution in [3.05, 3.63) is 21.0 Å². The van der Waals surface area contributed by atoms with Crippen molar-refractivity contribution >= 4 is 21.6 Å². The van der Waals surface area contributed by atoms with Crippen LogP contribution >= 0.6 is 15.9 Å². The number of hydrogen-bond donors (Lipinski definition) is 1. The van der Waals surface area contributed by atoms with Crippen molar-refractivity contribution < 1.29 is 0 Å². The largest absolute Gasteiger partial charge is 0.365 e. The highest BCUT2D eigenvalue weighted by Crippen LogP contribution is 2.29. The summed E-state index contributed by atoms with van der Waals surface area (Å²) >= 11 is 3.47. The third-order valence-corrected chi connectivity index (χ3v) is 4.38. The molecule has 6 heteroatoms. The lowest BCUT2D eigenvalue weighted by Crippen LogP contribution is -2.38. The third kappa shape index (κ3) is 3.23. The molecule has 1 aliphatic rings. The van der Waals surface area contributed by atoms with Crippen LogP contribution in [0.25, 0.3) is 0 Å². The molecule has 0 bridgehead atoms. The van der Waals surface area contributed by atoms with Crippen molar-refractivity contribution in [1.29, 1.82) is 0 Å². The number of halogens is 1. The van der Waals surface area contributed by atoms with E-state index >= 15 is 0 Å². The molecule has 1 atom stereocenters. The zero-order chi connectivity index (χ0) is 14.7. The molecule has 1 aliphatic heterocycles. The van der Waals surface area contributed by atoms with Crippen molar-refractivity contribution in [3.63, 3.8) is 0 Å². The molecule has 1 unspecified atom stereocenters. The molecule has 1 aromatic heterocycles. The fraction of sp³-hybridized carbons (Fsp3) is 0.714. The molecular weight excluding hydrogens is 320 g/mol. The van der Waals surface area contributed by atoms with E-state index in [9.17, 15) is 4.79 Å². The van der Waals surface area contributed by atoms with Crippen LogP contribution in [0.4, 0.5) is 5.69 Å². The molecule has 0 aliphatic carbocycles. The number of nitrogens with one attached hydrogen (secondary N) is 1. The maximum absolute atomic E-state index is 12.4. The first-order chi connectivity index (χ1) is 9.54. The van der Waals surface area contributed by atoms with Gasteiger partial charge in [-0.3, -0.25) is 4.79 Å². The lowest BCUT2D eigenvalue weighted by Gasteiger charge is -2.27. The minimum Gasteiger partial charge on any atom is -0.365 e. The summed E-state index contributed by atoms with van der Waals surface area (Å²) < 4.78 is 2.18. The van der Waals surface area contributed by atoms with Crippen LogP contribution < -0.4 is 15.8 Å². The zero-order valence-corrected chi connectivity index (χ0v) is 14.0. The average molecular weight is 343 g/mol. The lowest BCUT2D eigenvalue weighted by molar-refractivity contribution is 0.461. The third-order valence-electron chi connectivity index (χ3n) is 3.63. The number of aromatic nitrogens is 2. The molecule has 2 heterocycles. The van der Waals surface area contributed by atoms with Crippen molar-refractivity contribution in [2.75, 3.05) is 25.0 Å². The van der Waals surface area contributed by atoms with Gasteiger partial charge >= 0.3 is 0 Å². The van der Waals surface area contributed by atoms with E-state index in [0.29, 0.717) is 23.0 Å². The normalized spacial score (nSPS) is 19.1. The van der Waals surface area contributed by atoms with E-state index in [2.05, 4.69) is 45.1 Å². The second-order valence-corrected chi connectivity index (χ2v) is 6.57. The topological polar surface area (TPSA) is 50.2 Å².